The lowest BCUT2D eigenvalue weighted by atomic mass is 10.2. The highest BCUT2D eigenvalue weighted by molar-refractivity contribution is 9.10. The number of nitro benzene ring substituents is 1. The Kier molecular flexibility index (Phi) is 5.45. The molecule has 0 aliphatic heterocycles. The highest BCUT2D eigenvalue weighted by Gasteiger charge is 2.19. The van der Waals surface area contributed by atoms with Crippen LogP contribution in [0.1, 0.15) is 6.92 Å². The van der Waals surface area contributed by atoms with Gasteiger partial charge in [-0.1, -0.05) is 0 Å². The minimum Gasteiger partial charge on any atom is -0.480 e. The molecule has 0 saturated carbocycles. The number of hydrogen-bond acceptors (Lipinski definition) is 4. The van der Waals surface area contributed by atoms with Crippen LogP contribution in [0.2, 0.25) is 0 Å². The van der Waals surface area contributed by atoms with E-state index in [1.807, 2.05) is 0 Å². The lowest BCUT2D eigenvalue weighted by Crippen LogP contribution is -2.30. The van der Waals surface area contributed by atoms with E-state index in [1.165, 1.54) is 31.2 Å². The summed E-state index contributed by atoms with van der Waals surface area (Å²) in [6.45, 7) is 1.45. The fourth-order valence-electron chi connectivity index (χ4n) is 1.79. The van der Waals surface area contributed by atoms with E-state index in [0.29, 0.717) is 4.47 Å². The van der Waals surface area contributed by atoms with Gasteiger partial charge in [0.05, 0.1) is 9.40 Å². The molecule has 1 N–H and O–H groups in total. The fourth-order valence-corrected chi connectivity index (χ4v) is 2.23. The number of carbonyl (C=O) groups excluding carboxylic acids is 1. The first-order chi connectivity index (χ1) is 11.3. The number of halogens is 3. The van der Waals surface area contributed by atoms with Gasteiger partial charge < -0.3 is 10.1 Å². The van der Waals surface area contributed by atoms with Gasteiger partial charge in [0.1, 0.15) is 11.6 Å². The summed E-state index contributed by atoms with van der Waals surface area (Å²) in [7, 11) is 0. The molecule has 2 aromatic rings. The average molecular weight is 401 g/mol. The normalized spacial score (nSPS) is 11.7. The van der Waals surface area contributed by atoms with Crippen molar-refractivity contribution in [2.75, 3.05) is 5.32 Å². The maximum atomic E-state index is 13.3. The van der Waals surface area contributed by atoms with Gasteiger partial charge in [0, 0.05) is 11.8 Å². The van der Waals surface area contributed by atoms with E-state index < -0.39 is 34.3 Å². The standard InChI is InChI=1S/C15H11BrF2N2O4/c1-8(24-14-5-2-9(17)6-11(14)16)15(21)19-10-3-4-12(18)13(7-10)20(22)23/h2-8H,1H3,(H,19,21). The largest absolute Gasteiger partial charge is 0.480 e. The second-order valence-corrected chi connectivity index (χ2v) is 5.60. The number of amides is 1. The molecule has 0 aliphatic carbocycles. The van der Waals surface area contributed by atoms with Crippen molar-refractivity contribution in [1.29, 1.82) is 0 Å². The molecule has 1 amide bonds. The zero-order valence-corrected chi connectivity index (χ0v) is 13.8. The Morgan fingerprint density at radius 1 is 1.29 bits per heavy atom. The van der Waals surface area contributed by atoms with Crippen LogP contribution < -0.4 is 10.1 Å². The molecule has 0 aliphatic rings. The third-order valence-corrected chi connectivity index (χ3v) is 3.60. The number of nitrogens with zero attached hydrogens (tertiary/aromatic N) is 1. The molecule has 0 radical (unpaired) electrons. The predicted molar refractivity (Wildman–Crippen MR) is 85.9 cm³/mol. The number of carbonyl (C=O) groups is 1. The van der Waals surface area contributed by atoms with Crippen LogP contribution in [0.25, 0.3) is 0 Å². The van der Waals surface area contributed by atoms with Gasteiger partial charge in [0.2, 0.25) is 5.82 Å². The van der Waals surface area contributed by atoms with E-state index in [2.05, 4.69) is 21.2 Å². The summed E-state index contributed by atoms with van der Waals surface area (Å²) in [5, 5.41) is 13.1. The second kappa shape index (κ2) is 7.35. The maximum absolute atomic E-state index is 13.3. The number of rotatable bonds is 5. The lowest BCUT2D eigenvalue weighted by Gasteiger charge is -2.15. The van der Waals surface area contributed by atoms with E-state index >= 15 is 0 Å². The van der Waals surface area contributed by atoms with E-state index in [4.69, 9.17) is 4.74 Å². The van der Waals surface area contributed by atoms with Crippen molar-refractivity contribution >= 4 is 33.2 Å². The number of benzene rings is 2. The van der Waals surface area contributed by atoms with Crippen molar-refractivity contribution in [3.05, 3.63) is 62.6 Å². The molecule has 2 aromatic carbocycles. The molecule has 1 atom stereocenters. The van der Waals surface area contributed by atoms with Crippen LogP contribution in [0.3, 0.4) is 0 Å². The molecule has 9 heteroatoms. The molecule has 2 rings (SSSR count). The van der Waals surface area contributed by atoms with Crippen molar-refractivity contribution < 1.29 is 23.2 Å². The Balaban J connectivity index is 2.09. The summed E-state index contributed by atoms with van der Waals surface area (Å²) in [6.07, 6.45) is -0.976. The summed E-state index contributed by atoms with van der Waals surface area (Å²) < 4.78 is 32.0. The summed E-state index contributed by atoms with van der Waals surface area (Å²) in [5.74, 6) is -1.82. The van der Waals surface area contributed by atoms with Crippen molar-refractivity contribution in [3.8, 4) is 5.75 Å². The molecule has 0 fully saturated rings. The Morgan fingerprint density at radius 2 is 2.00 bits per heavy atom. The Labute approximate surface area is 143 Å². The third kappa shape index (κ3) is 4.25. The first-order valence-electron chi connectivity index (χ1n) is 6.64. The SMILES string of the molecule is CC(Oc1ccc(F)cc1Br)C(=O)Nc1ccc(F)c([N+](=O)[O-])c1. The fraction of sp³-hybridized carbons (Fsp3) is 0.133. The van der Waals surface area contributed by atoms with E-state index in [0.717, 1.165) is 12.1 Å². The molecule has 0 bridgehead atoms. The number of nitrogens with one attached hydrogen (secondary N) is 1. The molecule has 0 saturated heterocycles. The Morgan fingerprint density at radius 3 is 2.62 bits per heavy atom. The van der Waals surface area contributed by atoms with Gasteiger partial charge in [0.25, 0.3) is 5.91 Å². The molecule has 6 nitrogen and oxygen atoms in total. The van der Waals surface area contributed by atoms with Gasteiger partial charge in [0.15, 0.2) is 6.10 Å². The number of ether oxygens (including phenoxy) is 1. The van der Waals surface area contributed by atoms with Crippen LogP contribution >= 0.6 is 15.9 Å². The van der Waals surface area contributed by atoms with Crippen LogP contribution in [-0.4, -0.2) is 16.9 Å². The van der Waals surface area contributed by atoms with Crippen LogP contribution in [0.5, 0.6) is 5.75 Å². The molecule has 0 heterocycles. The highest BCUT2D eigenvalue weighted by Crippen LogP contribution is 2.27. The molecular formula is C15H11BrF2N2O4. The number of nitro groups is 1. The average Bonchev–Trinajstić information content (AvgIpc) is 2.51. The predicted octanol–water partition coefficient (Wildman–Crippen LogP) is 4.04. The van der Waals surface area contributed by atoms with Gasteiger partial charge in [-0.25, -0.2) is 4.39 Å². The molecule has 0 aromatic heterocycles. The summed E-state index contributed by atoms with van der Waals surface area (Å²) in [4.78, 5) is 21.9. The van der Waals surface area contributed by atoms with E-state index in [1.54, 1.807) is 0 Å². The van der Waals surface area contributed by atoms with Crippen molar-refractivity contribution in [1.82, 2.24) is 0 Å². The van der Waals surface area contributed by atoms with Crippen LogP contribution in [0, 0.1) is 21.7 Å². The zero-order valence-electron chi connectivity index (χ0n) is 12.3. The van der Waals surface area contributed by atoms with Gasteiger partial charge in [-0.3, -0.25) is 14.9 Å². The van der Waals surface area contributed by atoms with E-state index in [-0.39, 0.29) is 11.4 Å². The highest BCUT2D eigenvalue weighted by atomic mass is 79.9. The lowest BCUT2D eigenvalue weighted by molar-refractivity contribution is -0.387. The molecular weight excluding hydrogens is 390 g/mol. The molecule has 0 spiro atoms. The van der Waals surface area contributed by atoms with Crippen LogP contribution in [-0.2, 0) is 4.79 Å². The minimum atomic E-state index is -1.00. The Bertz CT molecular complexity index is 801. The molecule has 126 valence electrons. The molecule has 24 heavy (non-hydrogen) atoms. The maximum Gasteiger partial charge on any atom is 0.306 e. The quantitative estimate of drug-likeness (QED) is 0.606. The second-order valence-electron chi connectivity index (χ2n) is 4.75. The number of anilines is 1. The zero-order chi connectivity index (χ0) is 17.9. The van der Waals surface area contributed by atoms with Gasteiger partial charge >= 0.3 is 5.69 Å². The molecule has 1 unspecified atom stereocenters. The summed E-state index contributed by atoms with van der Waals surface area (Å²) >= 11 is 3.11. The topological polar surface area (TPSA) is 81.5 Å². The first-order valence-corrected chi connectivity index (χ1v) is 7.43. The van der Waals surface area contributed by atoms with Crippen molar-refractivity contribution in [3.63, 3.8) is 0 Å². The van der Waals surface area contributed by atoms with Gasteiger partial charge in [-0.15, -0.1) is 0 Å². The van der Waals surface area contributed by atoms with Gasteiger partial charge in [-0.2, -0.15) is 4.39 Å². The smallest absolute Gasteiger partial charge is 0.306 e. The van der Waals surface area contributed by atoms with E-state index in [9.17, 15) is 23.7 Å². The minimum absolute atomic E-state index is 0.0571. The van der Waals surface area contributed by atoms with Crippen LogP contribution in [0.4, 0.5) is 20.2 Å². The monoisotopic (exact) mass is 400 g/mol. The third-order valence-electron chi connectivity index (χ3n) is 2.98. The van der Waals surface area contributed by atoms with Crippen LogP contribution in [0.15, 0.2) is 40.9 Å². The summed E-state index contributed by atoms with van der Waals surface area (Å²) in [5.41, 5.74) is -0.690. The van der Waals surface area contributed by atoms with Crippen molar-refractivity contribution in [2.24, 2.45) is 0 Å². The van der Waals surface area contributed by atoms with Gasteiger partial charge in [-0.05, 0) is 53.2 Å². The summed E-state index contributed by atoms with van der Waals surface area (Å²) in [6, 6.07) is 6.70. The van der Waals surface area contributed by atoms with Crippen molar-refractivity contribution in [2.45, 2.75) is 13.0 Å². The Hall–Kier alpha value is -2.55. The first kappa shape index (κ1) is 17.8. The number of hydrogen-bond donors (Lipinski definition) is 1.